The number of allylic oxidation sites excluding steroid dienone is 2. The molecule has 0 radical (unpaired) electrons. The number of anilines is 1. The minimum atomic E-state index is -0.780. The fraction of sp³-hybridized carbons (Fsp3) is 0.278. The van der Waals surface area contributed by atoms with Gasteiger partial charge in [-0.15, -0.1) is 11.3 Å². The quantitative estimate of drug-likeness (QED) is 0.785. The van der Waals surface area contributed by atoms with E-state index in [4.69, 9.17) is 15.3 Å². The summed E-state index contributed by atoms with van der Waals surface area (Å²) in [7, 11) is 3.96. The van der Waals surface area contributed by atoms with Crippen LogP contribution in [-0.2, 0) is 4.74 Å². The summed E-state index contributed by atoms with van der Waals surface area (Å²) in [5, 5.41) is 28.7. The van der Waals surface area contributed by atoms with Gasteiger partial charge in [0.1, 0.15) is 29.4 Å². The average molecular weight is 336 g/mol. The molecule has 1 aliphatic heterocycles. The number of thiophene rings is 1. The van der Waals surface area contributed by atoms with Gasteiger partial charge in [-0.3, -0.25) is 0 Å². The van der Waals surface area contributed by atoms with E-state index in [1.54, 1.807) is 23.5 Å². The topological polar surface area (TPSA) is 83.8 Å². The summed E-state index contributed by atoms with van der Waals surface area (Å²) in [6.07, 6.45) is 3.74. The SMILES string of the molecule is CN(C)c1ccc(/C=C/C2=C(C#N)C(=C(C#N)C#N)OC2(C)C)s1. The summed E-state index contributed by atoms with van der Waals surface area (Å²) in [6, 6.07) is 9.66. The van der Waals surface area contributed by atoms with E-state index in [0.29, 0.717) is 5.57 Å². The molecule has 0 spiro atoms. The van der Waals surface area contributed by atoms with Gasteiger partial charge in [0.15, 0.2) is 11.3 Å². The molecule has 0 fully saturated rings. The number of hydrogen-bond acceptors (Lipinski definition) is 6. The second-order valence-corrected chi connectivity index (χ2v) is 6.94. The minimum Gasteiger partial charge on any atom is -0.480 e. The largest absolute Gasteiger partial charge is 0.480 e. The second kappa shape index (κ2) is 6.62. The Balaban J connectivity index is 2.49. The van der Waals surface area contributed by atoms with Crippen LogP contribution in [0.1, 0.15) is 18.7 Å². The number of ether oxygens (including phenoxy) is 1. The van der Waals surface area contributed by atoms with E-state index in [9.17, 15) is 5.26 Å². The Morgan fingerprint density at radius 3 is 2.33 bits per heavy atom. The van der Waals surface area contributed by atoms with Crippen molar-refractivity contribution in [3.05, 3.63) is 45.6 Å². The van der Waals surface area contributed by atoms with Crippen LogP contribution in [0.15, 0.2) is 40.7 Å². The lowest BCUT2D eigenvalue weighted by Crippen LogP contribution is -2.20. The van der Waals surface area contributed by atoms with E-state index < -0.39 is 5.60 Å². The maximum Gasteiger partial charge on any atom is 0.172 e. The van der Waals surface area contributed by atoms with Crippen LogP contribution in [0, 0.1) is 34.0 Å². The molecule has 6 heteroatoms. The first-order chi connectivity index (χ1) is 11.3. The Bertz CT molecular complexity index is 863. The van der Waals surface area contributed by atoms with Gasteiger partial charge in [-0.1, -0.05) is 6.08 Å². The fourth-order valence-electron chi connectivity index (χ4n) is 2.32. The Hall–Kier alpha value is -3.01. The molecule has 2 heterocycles. The first-order valence-electron chi connectivity index (χ1n) is 7.18. The van der Waals surface area contributed by atoms with Gasteiger partial charge in [0, 0.05) is 24.5 Å². The number of hydrogen-bond donors (Lipinski definition) is 0. The molecule has 0 saturated carbocycles. The van der Waals surface area contributed by atoms with Gasteiger partial charge in [-0.25, -0.2) is 0 Å². The summed E-state index contributed by atoms with van der Waals surface area (Å²) in [5.41, 5.74) is -0.0760. The van der Waals surface area contributed by atoms with Gasteiger partial charge < -0.3 is 9.64 Å². The highest BCUT2D eigenvalue weighted by Gasteiger charge is 2.38. The van der Waals surface area contributed by atoms with Crippen molar-refractivity contribution >= 4 is 22.4 Å². The summed E-state index contributed by atoms with van der Waals surface area (Å²) >= 11 is 1.63. The molecular weight excluding hydrogens is 320 g/mol. The van der Waals surface area contributed by atoms with Crippen molar-refractivity contribution < 1.29 is 4.74 Å². The van der Waals surface area contributed by atoms with Crippen molar-refractivity contribution in [1.82, 2.24) is 0 Å². The maximum absolute atomic E-state index is 9.47. The highest BCUT2D eigenvalue weighted by Crippen LogP contribution is 2.40. The molecule has 0 N–H and O–H groups in total. The monoisotopic (exact) mass is 336 g/mol. The van der Waals surface area contributed by atoms with Gasteiger partial charge in [0.2, 0.25) is 0 Å². The lowest BCUT2D eigenvalue weighted by molar-refractivity contribution is 0.0954. The molecule has 1 aromatic rings. The molecule has 0 saturated heterocycles. The van der Waals surface area contributed by atoms with E-state index >= 15 is 0 Å². The van der Waals surface area contributed by atoms with Gasteiger partial charge in [0.05, 0.1) is 5.00 Å². The van der Waals surface area contributed by atoms with Crippen molar-refractivity contribution in [2.75, 3.05) is 19.0 Å². The molecule has 0 amide bonds. The second-order valence-electron chi connectivity index (χ2n) is 5.84. The first-order valence-corrected chi connectivity index (χ1v) is 7.99. The minimum absolute atomic E-state index is 0.0623. The van der Waals surface area contributed by atoms with E-state index in [0.717, 1.165) is 9.88 Å². The number of nitriles is 3. The molecule has 0 atom stereocenters. The first kappa shape index (κ1) is 17.3. The van der Waals surface area contributed by atoms with Gasteiger partial charge in [-0.05, 0) is 32.1 Å². The van der Waals surface area contributed by atoms with Crippen molar-refractivity contribution in [1.29, 1.82) is 15.8 Å². The standard InChI is InChI=1S/C18H16N4OS/c1-18(2)15(7-5-13-6-8-16(24-13)22(3)4)14(11-21)17(23-18)12(9-19)10-20/h5-8H,1-4H3/b7-5+. The zero-order valence-electron chi connectivity index (χ0n) is 13.9. The Kier molecular flexibility index (Phi) is 4.79. The van der Waals surface area contributed by atoms with Crippen LogP contribution >= 0.6 is 11.3 Å². The summed E-state index contributed by atoms with van der Waals surface area (Å²) in [5.74, 6) is 0.0623. The highest BCUT2D eigenvalue weighted by molar-refractivity contribution is 7.16. The zero-order valence-corrected chi connectivity index (χ0v) is 14.7. The maximum atomic E-state index is 9.47. The van der Waals surface area contributed by atoms with Crippen LogP contribution in [0.5, 0.6) is 0 Å². The van der Waals surface area contributed by atoms with Crippen molar-refractivity contribution in [2.24, 2.45) is 0 Å². The smallest absolute Gasteiger partial charge is 0.172 e. The third-order valence-electron chi connectivity index (χ3n) is 3.53. The van der Waals surface area contributed by atoms with Crippen LogP contribution in [0.25, 0.3) is 6.08 Å². The summed E-state index contributed by atoms with van der Waals surface area (Å²) < 4.78 is 5.72. The molecule has 24 heavy (non-hydrogen) atoms. The molecule has 120 valence electrons. The summed E-state index contributed by atoms with van der Waals surface area (Å²) in [6.45, 7) is 3.62. The Labute approximate surface area is 145 Å². The van der Waals surface area contributed by atoms with E-state index in [1.165, 1.54) is 0 Å². The predicted molar refractivity (Wildman–Crippen MR) is 93.7 cm³/mol. The van der Waals surface area contributed by atoms with Gasteiger partial charge in [-0.2, -0.15) is 15.8 Å². The Morgan fingerprint density at radius 2 is 1.83 bits per heavy atom. The van der Waals surface area contributed by atoms with Crippen LogP contribution in [-0.4, -0.2) is 19.7 Å². The number of rotatable bonds is 3. The molecule has 2 rings (SSSR count). The summed E-state index contributed by atoms with van der Waals surface area (Å²) in [4.78, 5) is 3.06. The average Bonchev–Trinajstić information content (AvgIpc) is 3.09. The Morgan fingerprint density at radius 1 is 1.17 bits per heavy atom. The van der Waals surface area contributed by atoms with Crippen LogP contribution < -0.4 is 4.90 Å². The van der Waals surface area contributed by atoms with Crippen LogP contribution in [0.2, 0.25) is 0 Å². The molecule has 0 unspecified atom stereocenters. The van der Waals surface area contributed by atoms with Crippen molar-refractivity contribution in [3.63, 3.8) is 0 Å². The molecule has 0 aliphatic carbocycles. The van der Waals surface area contributed by atoms with Crippen LogP contribution in [0.3, 0.4) is 0 Å². The molecule has 5 nitrogen and oxygen atoms in total. The lowest BCUT2D eigenvalue weighted by atomic mass is 9.94. The lowest BCUT2D eigenvalue weighted by Gasteiger charge is -2.20. The fourth-order valence-corrected chi connectivity index (χ4v) is 3.15. The molecule has 1 aromatic heterocycles. The number of nitrogens with zero attached hydrogens (tertiary/aromatic N) is 4. The van der Waals surface area contributed by atoms with Crippen molar-refractivity contribution in [2.45, 2.75) is 19.4 Å². The zero-order chi connectivity index (χ0) is 17.9. The predicted octanol–water partition coefficient (Wildman–Crippen LogP) is 3.76. The molecular formula is C18H16N4OS. The molecule has 1 aliphatic rings. The third-order valence-corrected chi connectivity index (χ3v) is 4.75. The normalized spacial score (nSPS) is 15.6. The van der Waals surface area contributed by atoms with Gasteiger partial charge >= 0.3 is 0 Å². The van der Waals surface area contributed by atoms with E-state index in [2.05, 4.69) is 6.07 Å². The highest BCUT2D eigenvalue weighted by atomic mass is 32.1. The van der Waals surface area contributed by atoms with E-state index in [-0.39, 0.29) is 16.9 Å². The van der Waals surface area contributed by atoms with Crippen LogP contribution in [0.4, 0.5) is 5.00 Å². The van der Waals surface area contributed by atoms with E-state index in [1.807, 2.05) is 57.1 Å². The van der Waals surface area contributed by atoms with Gasteiger partial charge in [0.25, 0.3) is 0 Å². The molecule has 0 aromatic carbocycles. The molecule has 0 bridgehead atoms. The van der Waals surface area contributed by atoms with Crippen molar-refractivity contribution in [3.8, 4) is 18.2 Å². The third kappa shape index (κ3) is 3.18.